The Kier molecular flexibility index (Phi) is 5.26. The lowest BCUT2D eigenvalue weighted by Gasteiger charge is -2.25. The van der Waals surface area contributed by atoms with Gasteiger partial charge in [-0.1, -0.05) is 12.1 Å². The molecule has 0 bridgehead atoms. The van der Waals surface area contributed by atoms with Crippen LogP contribution in [0.25, 0.3) is 0 Å². The number of halogens is 1. The molecule has 1 aliphatic heterocycles. The van der Waals surface area contributed by atoms with Crippen LogP contribution < -0.4 is 5.32 Å². The smallest absolute Gasteiger partial charge is 0.138 e. The van der Waals surface area contributed by atoms with E-state index in [1.54, 1.807) is 19.9 Å². The molecular formula is C16H22FNO2. The summed E-state index contributed by atoms with van der Waals surface area (Å²) in [4.78, 5) is 11.8. The van der Waals surface area contributed by atoms with Gasteiger partial charge >= 0.3 is 0 Å². The number of rotatable bonds is 5. The van der Waals surface area contributed by atoms with Gasteiger partial charge in [0.15, 0.2) is 0 Å². The topological polar surface area (TPSA) is 38.3 Å². The Morgan fingerprint density at radius 2 is 2.15 bits per heavy atom. The van der Waals surface area contributed by atoms with Crippen molar-refractivity contribution in [1.82, 2.24) is 5.32 Å². The fourth-order valence-corrected chi connectivity index (χ4v) is 2.51. The van der Waals surface area contributed by atoms with Crippen LogP contribution in [0.15, 0.2) is 18.2 Å². The van der Waals surface area contributed by atoms with Crippen molar-refractivity contribution in [2.75, 3.05) is 19.8 Å². The first-order chi connectivity index (χ1) is 9.58. The lowest BCUT2D eigenvalue weighted by atomic mass is 9.93. The number of hydrogen-bond donors (Lipinski definition) is 1. The van der Waals surface area contributed by atoms with Gasteiger partial charge in [-0.2, -0.15) is 0 Å². The number of ketones is 1. The van der Waals surface area contributed by atoms with E-state index < -0.39 is 0 Å². The Balaban J connectivity index is 2.02. The Bertz CT molecular complexity index is 470. The number of hydrogen-bond acceptors (Lipinski definition) is 3. The average molecular weight is 279 g/mol. The maximum atomic E-state index is 13.6. The quantitative estimate of drug-likeness (QED) is 0.900. The van der Waals surface area contributed by atoms with Crippen LogP contribution in [0.3, 0.4) is 0 Å². The fourth-order valence-electron chi connectivity index (χ4n) is 2.51. The first-order valence-electron chi connectivity index (χ1n) is 7.15. The summed E-state index contributed by atoms with van der Waals surface area (Å²) in [5, 5.41) is 3.41. The van der Waals surface area contributed by atoms with Crippen LogP contribution in [0.2, 0.25) is 0 Å². The second-order valence-corrected chi connectivity index (χ2v) is 5.47. The summed E-state index contributed by atoms with van der Waals surface area (Å²) >= 11 is 0. The number of nitrogens with one attached hydrogen (secondary N) is 1. The summed E-state index contributed by atoms with van der Waals surface area (Å²) in [6, 6.07) is 5.44. The normalized spacial score (nSPS) is 17.9. The van der Waals surface area contributed by atoms with Gasteiger partial charge < -0.3 is 10.1 Å². The lowest BCUT2D eigenvalue weighted by molar-refractivity contribution is -0.118. The molecule has 1 aromatic carbocycles. The van der Waals surface area contributed by atoms with Crippen LogP contribution in [0, 0.1) is 12.7 Å². The Morgan fingerprint density at radius 1 is 1.45 bits per heavy atom. The van der Waals surface area contributed by atoms with Gasteiger partial charge in [-0.3, -0.25) is 4.79 Å². The summed E-state index contributed by atoms with van der Waals surface area (Å²) in [7, 11) is 0. The predicted octanol–water partition coefficient (Wildman–Crippen LogP) is 2.58. The molecule has 2 rings (SSSR count). The third kappa shape index (κ3) is 3.87. The number of ether oxygens (including phenoxy) is 1. The van der Waals surface area contributed by atoms with E-state index in [1.165, 1.54) is 6.07 Å². The molecule has 0 unspecified atom stereocenters. The molecule has 1 atom stereocenters. The van der Waals surface area contributed by atoms with Crippen molar-refractivity contribution in [3.05, 3.63) is 35.1 Å². The summed E-state index contributed by atoms with van der Waals surface area (Å²) in [5.74, 6) is -0.472. The molecule has 0 amide bonds. The van der Waals surface area contributed by atoms with Crippen molar-refractivity contribution in [3.8, 4) is 0 Å². The molecule has 1 saturated heterocycles. The highest BCUT2D eigenvalue weighted by Gasteiger charge is 2.20. The third-order valence-corrected chi connectivity index (χ3v) is 3.92. The highest BCUT2D eigenvalue weighted by Crippen LogP contribution is 2.20. The molecule has 1 fully saturated rings. The van der Waals surface area contributed by atoms with Gasteiger partial charge in [0.1, 0.15) is 11.6 Å². The van der Waals surface area contributed by atoms with Crippen LogP contribution in [0.4, 0.5) is 4.39 Å². The molecule has 4 heteroatoms. The largest absolute Gasteiger partial charge is 0.381 e. The van der Waals surface area contributed by atoms with Crippen molar-refractivity contribution in [1.29, 1.82) is 0 Å². The van der Waals surface area contributed by atoms with Crippen LogP contribution in [-0.4, -0.2) is 31.6 Å². The number of Topliss-reactive ketones (excluding diaryl/α,β-unsaturated/α-hetero) is 1. The fraction of sp³-hybridized carbons (Fsp3) is 0.562. The molecule has 3 nitrogen and oxygen atoms in total. The second kappa shape index (κ2) is 6.95. The van der Waals surface area contributed by atoms with Gasteiger partial charge in [-0.15, -0.1) is 0 Å². The van der Waals surface area contributed by atoms with E-state index in [9.17, 15) is 9.18 Å². The van der Waals surface area contributed by atoms with Crippen molar-refractivity contribution in [2.45, 2.75) is 38.6 Å². The summed E-state index contributed by atoms with van der Waals surface area (Å²) in [6.45, 7) is 5.38. The van der Waals surface area contributed by atoms with Gasteiger partial charge in [0, 0.05) is 25.8 Å². The molecular weight excluding hydrogens is 257 g/mol. The van der Waals surface area contributed by atoms with Crippen molar-refractivity contribution >= 4 is 5.78 Å². The molecule has 1 aromatic rings. The maximum Gasteiger partial charge on any atom is 0.138 e. The van der Waals surface area contributed by atoms with E-state index in [-0.39, 0.29) is 17.5 Å². The Morgan fingerprint density at radius 3 is 2.75 bits per heavy atom. The van der Waals surface area contributed by atoms with E-state index in [4.69, 9.17) is 4.74 Å². The zero-order valence-electron chi connectivity index (χ0n) is 12.1. The van der Waals surface area contributed by atoms with Crippen LogP contribution in [0.1, 0.15) is 36.8 Å². The second-order valence-electron chi connectivity index (χ2n) is 5.47. The van der Waals surface area contributed by atoms with Gasteiger partial charge in [0.05, 0.1) is 5.92 Å². The van der Waals surface area contributed by atoms with E-state index in [0.29, 0.717) is 18.2 Å². The molecule has 0 saturated carbocycles. The van der Waals surface area contributed by atoms with Gasteiger partial charge in [-0.25, -0.2) is 4.39 Å². The Labute approximate surface area is 119 Å². The lowest BCUT2D eigenvalue weighted by Crippen LogP contribution is -2.38. The molecule has 0 aromatic heterocycles. The van der Waals surface area contributed by atoms with Gasteiger partial charge in [0.2, 0.25) is 0 Å². The molecule has 110 valence electrons. The minimum atomic E-state index is -0.284. The molecule has 1 N–H and O–H groups in total. The SMILES string of the molecule is CC(=O)[C@H](CNC1CCOCC1)c1ccc(C)c(F)c1. The van der Waals surface area contributed by atoms with Gasteiger partial charge in [0.25, 0.3) is 0 Å². The molecule has 1 aliphatic rings. The van der Waals surface area contributed by atoms with E-state index in [1.807, 2.05) is 6.07 Å². The van der Waals surface area contributed by atoms with Crippen molar-refractivity contribution < 1.29 is 13.9 Å². The first kappa shape index (κ1) is 15.1. The van der Waals surface area contributed by atoms with Crippen LogP contribution >= 0.6 is 0 Å². The minimum absolute atomic E-state index is 0.0628. The Hall–Kier alpha value is -1.26. The molecule has 0 spiro atoms. The maximum absolute atomic E-state index is 13.6. The molecule has 20 heavy (non-hydrogen) atoms. The average Bonchev–Trinajstić information content (AvgIpc) is 2.43. The van der Waals surface area contributed by atoms with Crippen LogP contribution in [0.5, 0.6) is 0 Å². The van der Waals surface area contributed by atoms with Crippen LogP contribution in [-0.2, 0) is 9.53 Å². The molecule has 1 heterocycles. The summed E-state index contributed by atoms with van der Waals surface area (Å²) < 4.78 is 19.0. The zero-order chi connectivity index (χ0) is 14.5. The highest BCUT2D eigenvalue weighted by molar-refractivity contribution is 5.83. The monoisotopic (exact) mass is 279 g/mol. The predicted molar refractivity (Wildman–Crippen MR) is 76.4 cm³/mol. The summed E-state index contributed by atoms with van der Waals surface area (Å²) in [5.41, 5.74) is 1.36. The van der Waals surface area contributed by atoms with E-state index in [2.05, 4.69) is 5.32 Å². The van der Waals surface area contributed by atoms with E-state index >= 15 is 0 Å². The van der Waals surface area contributed by atoms with Crippen molar-refractivity contribution in [2.24, 2.45) is 0 Å². The van der Waals surface area contributed by atoms with E-state index in [0.717, 1.165) is 31.6 Å². The molecule has 0 aliphatic carbocycles. The highest BCUT2D eigenvalue weighted by atomic mass is 19.1. The third-order valence-electron chi connectivity index (χ3n) is 3.92. The number of carbonyl (C=O) groups is 1. The standard InChI is InChI=1S/C16H22FNO2/c1-11-3-4-13(9-16(11)17)15(12(2)19)10-18-14-5-7-20-8-6-14/h3-4,9,14-15,18H,5-8,10H2,1-2H3/t15-/m0/s1. The number of aryl methyl sites for hydroxylation is 1. The first-order valence-corrected chi connectivity index (χ1v) is 7.15. The zero-order valence-corrected chi connectivity index (χ0v) is 12.1. The van der Waals surface area contributed by atoms with Crippen molar-refractivity contribution in [3.63, 3.8) is 0 Å². The number of benzene rings is 1. The minimum Gasteiger partial charge on any atom is -0.381 e. The molecule has 0 radical (unpaired) electrons. The van der Waals surface area contributed by atoms with Gasteiger partial charge in [-0.05, 0) is 43.9 Å². The summed E-state index contributed by atoms with van der Waals surface area (Å²) in [6.07, 6.45) is 1.93. The number of carbonyl (C=O) groups excluding carboxylic acids is 1.